The molecule has 0 radical (unpaired) electrons. The lowest BCUT2D eigenvalue weighted by atomic mass is 10.2. The zero-order valence-corrected chi connectivity index (χ0v) is 13.5. The summed E-state index contributed by atoms with van der Waals surface area (Å²) >= 11 is 7.10. The van der Waals surface area contributed by atoms with Crippen molar-refractivity contribution in [3.05, 3.63) is 45.8 Å². The minimum Gasteiger partial charge on any atom is -0.484 e. The van der Waals surface area contributed by atoms with Crippen LogP contribution in [0.1, 0.15) is 22.2 Å². The van der Waals surface area contributed by atoms with Crippen molar-refractivity contribution < 1.29 is 14.3 Å². The van der Waals surface area contributed by atoms with Gasteiger partial charge in [-0.3, -0.25) is 9.59 Å². The first-order chi connectivity index (χ1) is 10.5. The van der Waals surface area contributed by atoms with Crippen LogP contribution in [0.5, 0.6) is 5.75 Å². The lowest BCUT2D eigenvalue weighted by molar-refractivity contribution is -0.118. The fraction of sp³-hybridized carbons (Fsp3) is 0.200. The molecule has 2 amide bonds. The number of hydrogen-bond donors (Lipinski definition) is 2. The normalized spacial score (nSPS) is 10.3. The Kier molecular flexibility index (Phi) is 5.41. The number of benzene rings is 1. The Labute approximate surface area is 137 Å². The van der Waals surface area contributed by atoms with E-state index in [0.717, 1.165) is 11.3 Å². The number of halogens is 1. The molecule has 0 saturated carbocycles. The van der Waals surface area contributed by atoms with E-state index in [-0.39, 0.29) is 12.5 Å². The van der Waals surface area contributed by atoms with E-state index in [1.54, 1.807) is 30.3 Å². The molecular formula is C15H15ClN2O3S. The number of carbonyl (C=O) groups excluding carboxylic acids is 2. The molecule has 0 spiro atoms. The first kappa shape index (κ1) is 16.3. The SMILES string of the molecule is CCc1cc(C(N)=O)c(NC(=O)COc2ccc(Cl)cc2)s1. The number of amides is 2. The highest BCUT2D eigenvalue weighted by Crippen LogP contribution is 2.28. The molecule has 1 heterocycles. The third-order valence-electron chi connectivity index (χ3n) is 2.83. The van der Waals surface area contributed by atoms with Crippen LogP contribution in [0.15, 0.2) is 30.3 Å². The van der Waals surface area contributed by atoms with Gasteiger partial charge in [0.1, 0.15) is 10.8 Å². The van der Waals surface area contributed by atoms with Crippen LogP contribution < -0.4 is 15.8 Å². The van der Waals surface area contributed by atoms with E-state index in [1.165, 1.54) is 11.3 Å². The minimum absolute atomic E-state index is 0.167. The molecule has 22 heavy (non-hydrogen) atoms. The highest BCUT2D eigenvalue weighted by atomic mass is 35.5. The number of anilines is 1. The molecule has 116 valence electrons. The first-order valence-corrected chi connectivity index (χ1v) is 7.79. The Balaban J connectivity index is 1.98. The largest absolute Gasteiger partial charge is 0.484 e. The molecule has 3 N–H and O–H groups in total. The van der Waals surface area contributed by atoms with E-state index in [2.05, 4.69) is 5.32 Å². The second-order valence-electron chi connectivity index (χ2n) is 4.46. The van der Waals surface area contributed by atoms with Crippen molar-refractivity contribution in [2.75, 3.05) is 11.9 Å². The van der Waals surface area contributed by atoms with Crippen molar-refractivity contribution in [1.82, 2.24) is 0 Å². The summed E-state index contributed by atoms with van der Waals surface area (Å²) in [5.41, 5.74) is 5.63. The fourth-order valence-corrected chi connectivity index (χ4v) is 2.88. The summed E-state index contributed by atoms with van der Waals surface area (Å²) in [6, 6.07) is 8.39. The number of primary amides is 1. The first-order valence-electron chi connectivity index (χ1n) is 6.60. The highest BCUT2D eigenvalue weighted by molar-refractivity contribution is 7.16. The molecule has 0 aliphatic heterocycles. The Morgan fingerprint density at radius 3 is 2.59 bits per heavy atom. The molecule has 0 aliphatic rings. The van der Waals surface area contributed by atoms with Crippen LogP contribution in [0.25, 0.3) is 0 Å². The maximum atomic E-state index is 11.9. The lowest BCUT2D eigenvalue weighted by Gasteiger charge is -2.07. The molecule has 0 aliphatic carbocycles. The standard InChI is InChI=1S/C15H15ClN2O3S/c1-2-11-7-12(14(17)20)15(22-11)18-13(19)8-21-10-5-3-9(16)4-6-10/h3-7H,2,8H2,1H3,(H2,17,20)(H,18,19). The van der Waals surface area contributed by atoms with Crippen LogP contribution in [-0.2, 0) is 11.2 Å². The third-order valence-corrected chi connectivity index (χ3v) is 4.28. The quantitative estimate of drug-likeness (QED) is 0.849. The van der Waals surface area contributed by atoms with Gasteiger partial charge < -0.3 is 15.8 Å². The molecule has 0 bridgehead atoms. The van der Waals surface area contributed by atoms with Gasteiger partial charge in [0.15, 0.2) is 6.61 Å². The van der Waals surface area contributed by atoms with Crippen LogP contribution in [-0.4, -0.2) is 18.4 Å². The van der Waals surface area contributed by atoms with Gasteiger partial charge in [-0.25, -0.2) is 0 Å². The molecule has 0 atom stereocenters. The second-order valence-corrected chi connectivity index (χ2v) is 6.04. The number of nitrogens with two attached hydrogens (primary N) is 1. The van der Waals surface area contributed by atoms with Gasteiger partial charge in [0, 0.05) is 9.90 Å². The van der Waals surface area contributed by atoms with E-state index in [9.17, 15) is 9.59 Å². The van der Waals surface area contributed by atoms with E-state index < -0.39 is 5.91 Å². The Hall–Kier alpha value is -2.05. The summed E-state index contributed by atoms with van der Waals surface area (Å²) in [6.45, 7) is 1.80. The van der Waals surface area contributed by atoms with Gasteiger partial charge in [0.2, 0.25) is 0 Å². The monoisotopic (exact) mass is 338 g/mol. The van der Waals surface area contributed by atoms with Crippen molar-refractivity contribution in [3.63, 3.8) is 0 Å². The topological polar surface area (TPSA) is 81.4 Å². The Bertz CT molecular complexity index is 683. The van der Waals surface area contributed by atoms with Crippen molar-refractivity contribution in [1.29, 1.82) is 0 Å². The maximum Gasteiger partial charge on any atom is 0.262 e. The minimum atomic E-state index is -0.565. The van der Waals surface area contributed by atoms with Gasteiger partial charge in [0.05, 0.1) is 5.56 Å². The number of ether oxygens (including phenoxy) is 1. The number of carbonyl (C=O) groups is 2. The van der Waals surface area contributed by atoms with Gasteiger partial charge in [-0.1, -0.05) is 18.5 Å². The zero-order valence-electron chi connectivity index (χ0n) is 11.9. The van der Waals surface area contributed by atoms with Crippen LogP contribution in [0, 0.1) is 0 Å². The van der Waals surface area contributed by atoms with Crippen molar-refractivity contribution in [2.45, 2.75) is 13.3 Å². The van der Waals surface area contributed by atoms with Gasteiger partial charge in [-0.05, 0) is 36.8 Å². The van der Waals surface area contributed by atoms with Crippen LogP contribution >= 0.6 is 22.9 Å². The summed E-state index contributed by atoms with van der Waals surface area (Å²) < 4.78 is 5.35. The smallest absolute Gasteiger partial charge is 0.262 e. The van der Waals surface area contributed by atoms with E-state index in [0.29, 0.717) is 21.3 Å². The molecule has 1 aromatic heterocycles. The third kappa shape index (κ3) is 4.22. The fourth-order valence-electron chi connectivity index (χ4n) is 1.73. The number of hydrogen-bond acceptors (Lipinski definition) is 4. The maximum absolute atomic E-state index is 11.9. The Morgan fingerprint density at radius 2 is 2.00 bits per heavy atom. The number of rotatable bonds is 6. The molecule has 0 saturated heterocycles. The molecule has 2 aromatic rings. The number of thiophene rings is 1. The average Bonchev–Trinajstić information content (AvgIpc) is 2.90. The summed E-state index contributed by atoms with van der Waals surface area (Å²) in [7, 11) is 0. The van der Waals surface area contributed by atoms with Gasteiger partial charge in [-0.15, -0.1) is 11.3 Å². The molecule has 5 nitrogen and oxygen atoms in total. The predicted molar refractivity (Wildman–Crippen MR) is 87.8 cm³/mol. The number of aryl methyl sites for hydroxylation is 1. The van der Waals surface area contributed by atoms with E-state index >= 15 is 0 Å². The lowest BCUT2D eigenvalue weighted by Crippen LogP contribution is -2.21. The van der Waals surface area contributed by atoms with Crippen LogP contribution in [0.2, 0.25) is 5.02 Å². The molecule has 7 heteroatoms. The van der Waals surface area contributed by atoms with Crippen LogP contribution in [0.4, 0.5) is 5.00 Å². The molecule has 0 fully saturated rings. The molecule has 2 rings (SSSR count). The van der Waals surface area contributed by atoms with Crippen molar-refractivity contribution >= 4 is 39.8 Å². The van der Waals surface area contributed by atoms with Gasteiger partial charge in [-0.2, -0.15) is 0 Å². The van der Waals surface area contributed by atoms with Crippen molar-refractivity contribution in [2.24, 2.45) is 5.73 Å². The highest BCUT2D eigenvalue weighted by Gasteiger charge is 2.15. The molecular weight excluding hydrogens is 324 g/mol. The second kappa shape index (κ2) is 7.29. The molecule has 1 aromatic carbocycles. The average molecular weight is 339 g/mol. The molecule has 0 unspecified atom stereocenters. The van der Waals surface area contributed by atoms with E-state index in [1.807, 2.05) is 6.92 Å². The van der Waals surface area contributed by atoms with E-state index in [4.69, 9.17) is 22.1 Å². The summed E-state index contributed by atoms with van der Waals surface area (Å²) in [4.78, 5) is 24.3. The zero-order chi connectivity index (χ0) is 16.1. The van der Waals surface area contributed by atoms with Gasteiger partial charge in [0.25, 0.3) is 11.8 Å². The summed E-state index contributed by atoms with van der Waals surface area (Å²) in [5, 5.41) is 3.70. The number of nitrogens with one attached hydrogen (secondary N) is 1. The van der Waals surface area contributed by atoms with Gasteiger partial charge >= 0.3 is 0 Å². The van der Waals surface area contributed by atoms with Crippen molar-refractivity contribution in [3.8, 4) is 5.75 Å². The van der Waals surface area contributed by atoms with Crippen LogP contribution in [0.3, 0.4) is 0 Å². The predicted octanol–water partition coefficient (Wildman–Crippen LogP) is 3.08. The Morgan fingerprint density at radius 1 is 1.32 bits per heavy atom. The summed E-state index contributed by atoms with van der Waals surface area (Å²) in [6.07, 6.45) is 0.766. The summed E-state index contributed by atoms with van der Waals surface area (Å²) in [5.74, 6) is -0.387.